The van der Waals surface area contributed by atoms with Crippen molar-refractivity contribution in [3.05, 3.63) is 47.5 Å². The zero-order chi connectivity index (χ0) is 25.1. The van der Waals surface area contributed by atoms with E-state index in [-0.39, 0.29) is 5.91 Å². The molecule has 3 heterocycles. The van der Waals surface area contributed by atoms with Crippen molar-refractivity contribution in [2.75, 3.05) is 60.2 Å². The smallest absolute Gasteiger partial charge is 0.236 e. The van der Waals surface area contributed by atoms with E-state index in [1.807, 2.05) is 17.0 Å². The Morgan fingerprint density at radius 2 is 1.75 bits per heavy atom. The molecule has 0 radical (unpaired) electrons. The number of piperidine rings is 1. The second-order valence-electron chi connectivity index (χ2n) is 9.75. The predicted molar refractivity (Wildman–Crippen MR) is 142 cm³/mol. The number of H-pyrrole nitrogens is 1. The van der Waals surface area contributed by atoms with Gasteiger partial charge < -0.3 is 24.1 Å². The molecule has 1 aromatic heterocycles. The maximum atomic E-state index is 12.8. The van der Waals surface area contributed by atoms with Crippen molar-refractivity contribution in [2.24, 2.45) is 0 Å². The fraction of sp³-hybridized carbons (Fsp3) is 0.483. The van der Waals surface area contributed by atoms with Gasteiger partial charge in [0, 0.05) is 48.3 Å². The number of fused-ring (bicyclic) bond motifs is 1. The Hall–Kier alpha value is -3.03. The first-order chi connectivity index (χ1) is 17.6. The van der Waals surface area contributed by atoms with Crippen molar-refractivity contribution >= 4 is 16.8 Å². The van der Waals surface area contributed by atoms with Gasteiger partial charge in [-0.1, -0.05) is 13.0 Å². The second-order valence-corrected chi connectivity index (χ2v) is 9.75. The number of rotatable bonds is 7. The van der Waals surface area contributed by atoms with E-state index in [1.54, 1.807) is 14.2 Å². The number of carbonyl (C=O) groups excluding carboxylic acids is 1. The second kappa shape index (κ2) is 10.9. The lowest BCUT2D eigenvalue weighted by Crippen LogP contribution is -2.46. The highest BCUT2D eigenvalue weighted by Crippen LogP contribution is 2.38. The van der Waals surface area contributed by atoms with E-state index in [2.05, 4.69) is 41.1 Å². The summed E-state index contributed by atoms with van der Waals surface area (Å²) in [5.74, 6) is 2.19. The number of aromatic nitrogens is 1. The van der Waals surface area contributed by atoms with Crippen LogP contribution in [0.3, 0.4) is 0 Å². The third-order valence-electron chi connectivity index (χ3n) is 7.74. The molecule has 0 saturated carbocycles. The lowest BCUT2D eigenvalue weighted by atomic mass is 9.88. The van der Waals surface area contributed by atoms with Crippen molar-refractivity contribution in [1.82, 2.24) is 14.8 Å². The molecule has 2 saturated heterocycles. The molecule has 2 aliphatic heterocycles. The van der Waals surface area contributed by atoms with E-state index in [1.165, 1.54) is 16.5 Å². The van der Waals surface area contributed by atoms with Crippen molar-refractivity contribution in [1.29, 1.82) is 0 Å². The van der Waals surface area contributed by atoms with Crippen LogP contribution in [0.25, 0.3) is 22.2 Å². The number of hydrogen-bond donors (Lipinski definition) is 1. The number of nitrogens with one attached hydrogen (secondary N) is 1. The van der Waals surface area contributed by atoms with Crippen LogP contribution in [0.2, 0.25) is 0 Å². The van der Waals surface area contributed by atoms with Crippen LogP contribution in [-0.2, 0) is 16.0 Å². The normalized spacial score (nSPS) is 17.5. The van der Waals surface area contributed by atoms with Crippen LogP contribution < -0.4 is 9.47 Å². The average molecular weight is 492 g/mol. The minimum absolute atomic E-state index is 0.254. The van der Waals surface area contributed by atoms with Gasteiger partial charge in [0.1, 0.15) is 0 Å². The summed E-state index contributed by atoms with van der Waals surface area (Å²) >= 11 is 0. The van der Waals surface area contributed by atoms with Crippen molar-refractivity contribution in [3.63, 3.8) is 0 Å². The number of hydrogen-bond acceptors (Lipinski definition) is 5. The molecule has 0 bridgehead atoms. The molecule has 7 heteroatoms. The Bertz CT molecular complexity index is 1210. The van der Waals surface area contributed by atoms with Gasteiger partial charge in [-0.05, 0) is 66.6 Å². The van der Waals surface area contributed by atoms with E-state index in [0.29, 0.717) is 12.5 Å². The average Bonchev–Trinajstić information content (AvgIpc) is 3.31. The first-order valence-electron chi connectivity index (χ1n) is 13.1. The monoisotopic (exact) mass is 491 g/mol. The summed E-state index contributed by atoms with van der Waals surface area (Å²) in [6.07, 6.45) is 2.95. The molecule has 5 rings (SSSR count). The molecule has 2 fully saturated rings. The first-order valence-corrected chi connectivity index (χ1v) is 13.1. The molecule has 0 aliphatic carbocycles. The number of benzene rings is 2. The van der Waals surface area contributed by atoms with E-state index in [9.17, 15) is 4.79 Å². The van der Waals surface area contributed by atoms with Crippen LogP contribution in [0.4, 0.5) is 0 Å². The van der Waals surface area contributed by atoms with Crippen LogP contribution in [0.1, 0.15) is 36.8 Å². The molecule has 2 aromatic carbocycles. The molecule has 2 aliphatic rings. The third kappa shape index (κ3) is 4.95. The number of nitrogens with zero attached hydrogens (tertiary/aromatic N) is 2. The lowest BCUT2D eigenvalue weighted by molar-refractivity contribution is -0.134. The van der Waals surface area contributed by atoms with Crippen LogP contribution >= 0.6 is 0 Å². The van der Waals surface area contributed by atoms with Gasteiger partial charge in [0.2, 0.25) is 5.91 Å². The Morgan fingerprint density at radius 3 is 2.44 bits per heavy atom. The predicted octanol–water partition coefficient (Wildman–Crippen LogP) is 4.45. The summed E-state index contributed by atoms with van der Waals surface area (Å²) in [6.45, 7) is 7.54. The first kappa shape index (κ1) is 24.7. The topological polar surface area (TPSA) is 67.0 Å². The summed E-state index contributed by atoms with van der Waals surface area (Å²) < 4.78 is 16.4. The summed E-state index contributed by atoms with van der Waals surface area (Å²) in [5, 5.41) is 1.28. The van der Waals surface area contributed by atoms with E-state index >= 15 is 0 Å². The van der Waals surface area contributed by atoms with Gasteiger partial charge in [-0.2, -0.15) is 0 Å². The Labute approximate surface area is 213 Å². The molecule has 0 spiro atoms. The number of aryl methyl sites for hydroxylation is 1. The number of amides is 1. The Morgan fingerprint density at radius 1 is 1.00 bits per heavy atom. The molecule has 0 unspecified atom stereocenters. The fourth-order valence-corrected chi connectivity index (χ4v) is 5.64. The fourth-order valence-electron chi connectivity index (χ4n) is 5.64. The molecule has 7 nitrogen and oxygen atoms in total. The van der Waals surface area contributed by atoms with Gasteiger partial charge in [0.25, 0.3) is 0 Å². The number of likely N-dealkylation sites (tertiary alicyclic amines) is 1. The molecule has 3 aromatic rings. The number of ether oxygens (including phenoxy) is 3. The quantitative estimate of drug-likeness (QED) is 0.529. The summed E-state index contributed by atoms with van der Waals surface area (Å²) in [7, 11) is 3.32. The van der Waals surface area contributed by atoms with Crippen molar-refractivity contribution < 1.29 is 19.0 Å². The maximum Gasteiger partial charge on any atom is 0.236 e. The van der Waals surface area contributed by atoms with Crippen LogP contribution in [-0.4, -0.2) is 80.8 Å². The minimum Gasteiger partial charge on any atom is -0.493 e. The van der Waals surface area contributed by atoms with E-state index < -0.39 is 0 Å². The standard InChI is InChI=1S/C29H37N3O4/c1-4-23-24-17-21(20-9-11-32(12-10-20)28(33)19-31-13-15-36-16-14-31)5-7-25(24)30-29(23)22-6-8-26(34-2)27(18-22)35-3/h5-8,17-18,20,30H,4,9-16,19H2,1-3H3. The van der Waals surface area contributed by atoms with Crippen molar-refractivity contribution in [2.45, 2.75) is 32.1 Å². The van der Waals surface area contributed by atoms with Gasteiger partial charge in [0.05, 0.1) is 34.0 Å². The Balaban J connectivity index is 1.32. The molecular weight excluding hydrogens is 454 g/mol. The van der Waals surface area contributed by atoms with Gasteiger partial charge in [0.15, 0.2) is 11.5 Å². The lowest BCUT2D eigenvalue weighted by Gasteiger charge is -2.34. The molecule has 1 N–H and O–H groups in total. The van der Waals surface area contributed by atoms with Gasteiger partial charge in [-0.25, -0.2) is 0 Å². The van der Waals surface area contributed by atoms with Crippen molar-refractivity contribution in [3.8, 4) is 22.8 Å². The highest BCUT2D eigenvalue weighted by molar-refractivity contribution is 5.91. The summed E-state index contributed by atoms with van der Waals surface area (Å²) in [5.41, 5.74) is 6.06. The van der Waals surface area contributed by atoms with Crippen LogP contribution in [0.15, 0.2) is 36.4 Å². The third-order valence-corrected chi connectivity index (χ3v) is 7.74. The molecule has 36 heavy (non-hydrogen) atoms. The summed E-state index contributed by atoms with van der Waals surface area (Å²) in [4.78, 5) is 20.7. The number of methoxy groups -OCH3 is 2. The van der Waals surface area contributed by atoms with Gasteiger partial charge in [-0.15, -0.1) is 0 Å². The van der Waals surface area contributed by atoms with Crippen LogP contribution in [0.5, 0.6) is 11.5 Å². The molecular formula is C29H37N3O4. The SMILES string of the molecule is CCc1c(-c2ccc(OC)c(OC)c2)[nH]c2ccc(C3CCN(C(=O)CN4CCOCC4)CC3)cc12. The molecule has 1 amide bonds. The van der Waals surface area contributed by atoms with Gasteiger partial charge >= 0.3 is 0 Å². The highest BCUT2D eigenvalue weighted by atomic mass is 16.5. The zero-order valence-electron chi connectivity index (χ0n) is 21.6. The number of aromatic amines is 1. The zero-order valence-corrected chi connectivity index (χ0v) is 21.6. The largest absolute Gasteiger partial charge is 0.493 e. The number of carbonyl (C=O) groups is 1. The Kier molecular flexibility index (Phi) is 7.48. The van der Waals surface area contributed by atoms with E-state index in [0.717, 1.165) is 86.9 Å². The summed E-state index contributed by atoms with van der Waals surface area (Å²) in [6, 6.07) is 12.9. The molecule has 0 atom stereocenters. The highest BCUT2D eigenvalue weighted by Gasteiger charge is 2.26. The molecule has 192 valence electrons. The van der Waals surface area contributed by atoms with Gasteiger partial charge in [-0.3, -0.25) is 9.69 Å². The maximum absolute atomic E-state index is 12.8. The number of morpholine rings is 1. The van der Waals surface area contributed by atoms with Crippen LogP contribution in [0, 0.1) is 0 Å². The minimum atomic E-state index is 0.254. The van der Waals surface area contributed by atoms with E-state index in [4.69, 9.17) is 14.2 Å².